The molecule has 3 fully saturated rings. The van der Waals surface area contributed by atoms with Crippen LogP contribution in [-0.2, 0) is 32.3 Å². The Morgan fingerprint density at radius 2 is 1.71 bits per heavy atom. The number of carbonyl (C=O) groups is 2. The molecule has 0 bridgehead atoms. The molecule has 2 saturated heterocycles. The zero-order valence-corrected chi connectivity index (χ0v) is 18.1. The van der Waals surface area contributed by atoms with Gasteiger partial charge in [0.2, 0.25) is 11.8 Å². The topological polar surface area (TPSA) is 57.7 Å². The lowest BCUT2D eigenvalue weighted by Gasteiger charge is -2.44. The van der Waals surface area contributed by atoms with Gasteiger partial charge in [-0.1, -0.05) is 42.5 Å². The Morgan fingerprint density at radius 1 is 1.00 bits per heavy atom. The maximum absolute atomic E-state index is 13.6. The lowest BCUT2D eigenvalue weighted by atomic mass is 9.92. The van der Waals surface area contributed by atoms with Gasteiger partial charge in [-0.05, 0) is 36.1 Å². The average Bonchev–Trinajstić information content (AvgIpc) is 3.56. The van der Waals surface area contributed by atoms with Crippen LogP contribution in [0.3, 0.4) is 0 Å². The monoisotopic (exact) mass is 440 g/mol. The van der Waals surface area contributed by atoms with Gasteiger partial charge in [-0.15, -0.1) is 0 Å². The van der Waals surface area contributed by atoms with Crippen LogP contribution in [0.1, 0.15) is 36.8 Å². The molecular weight excluding hydrogens is 415 g/mol. The normalized spacial score (nSPS) is 23.9. The van der Waals surface area contributed by atoms with Crippen LogP contribution in [0.4, 0.5) is 4.39 Å². The van der Waals surface area contributed by atoms with Crippen molar-refractivity contribution in [3.8, 4) is 0 Å². The molecule has 1 aliphatic carbocycles. The van der Waals surface area contributed by atoms with Gasteiger partial charge in [0, 0.05) is 32.5 Å². The molecule has 5 nitrogen and oxygen atoms in total. The molecule has 1 saturated carbocycles. The van der Waals surface area contributed by atoms with Crippen LogP contribution in [-0.4, -0.2) is 49.5 Å². The molecule has 2 aliphatic heterocycles. The Morgan fingerprint density at radius 3 is 2.35 bits per heavy atom. The molecule has 2 aromatic carbocycles. The van der Waals surface area contributed by atoms with E-state index in [9.17, 15) is 18.2 Å². The number of likely N-dealkylation sites (tertiary alicyclic amines) is 1. The lowest BCUT2D eigenvalue weighted by molar-refractivity contribution is -0.137. The number of hydrogen-bond acceptors (Lipinski definition) is 3. The fourth-order valence-electron chi connectivity index (χ4n) is 5.09. The van der Waals surface area contributed by atoms with Crippen LogP contribution in [0.2, 0.25) is 0 Å². The molecule has 7 heteroatoms. The molecule has 162 valence electrons. The van der Waals surface area contributed by atoms with E-state index in [1.807, 2.05) is 35.2 Å². The molecule has 1 unspecified atom stereocenters. The van der Waals surface area contributed by atoms with Gasteiger partial charge < -0.3 is 9.80 Å². The summed E-state index contributed by atoms with van der Waals surface area (Å²) in [5.74, 6) is -0.377. The number of benzene rings is 2. The number of amides is 2. The Balaban J connectivity index is 1.33. The van der Waals surface area contributed by atoms with Crippen LogP contribution < -0.4 is 0 Å². The van der Waals surface area contributed by atoms with Crippen molar-refractivity contribution in [3.63, 3.8) is 0 Å². The molecule has 2 aromatic rings. The summed E-state index contributed by atoms with van der Waals surface area (Å²) >= 11 is 0. The van der Waals surface area contributed by atoms with Crippen molar-refractivity contribution in [1.82, 2.24) is 9.80 Å². The van der Waals surface area contributed by atoms with E-state index >= 15 is 0 Å². The Bertz CT molecular complexity index is 1050. The van der Waals surface area contributed by atoms with Crippen LogP contribution in [0.25, 0.3) is 0 Å². The minimum atomic E-state index is -1.33. The van der Waals surface area contributed by atoms with E-state index in [2.05, 4.69) is 0 Å². The molecular formula is C24H25FN2O3S. The smallest absolute Gasteiger partial charge is 0.236 e. The highest BCUT2D eigenvalue weighted by atomic mass is 32.2. The first-order valence-corrected chi connectivity index (χ1v) is 12.0. The third kappa shape index (κ3) is 3.39. The van der Waals surface area contributed by atoms with Gasteiger partial charge in [0.25, 0.3) is 0 Å². The summed E-state index contributed by atoms with van der Waals surface area (Å²) in [6.45, 7) is 1.20. The van der Waals surface area contributed by atoms with Gasteiger partial charge in [-0.25, -0.2) is 4.39 Å². The number of nitrogens with zero attached hydrogens (tertiary/aromatic N) is 2. The number of hydrogen-bond donors (Lipinski definition) is 0. The van der Waals surface area contributed by atoms with E-state index in [0.29, 0.717) is 31.5 Å². The molecule has 0 aromatic heterocycles. The first kappa shape index (κ1) is 20.4. The average molecular weight is 441 g/mol. The predicted octanol–water partition coefficient (Wildman–Crippen LogP) is 2.97. The van der Waals surface area contributed by atoms with E-state index < -0.39 is 21.1 Å². The predicted molar refractivity (Wildman–Crippen MR) is 116 cm³/mol. The standard InChI is InChI=1S/C24H25FN2O3S/c25-20-8-4-5-18(15-20)16-27-21(28)17-31(30)24(27)11-13-26(14-12-24)22(29)23(9-10-23)19-6-2-1-3-7-19/h1-8,15H,9-14,16-17H2. The number of rotatable bonds is 4. The van der Waals surface area contributed by atoms with E-state index in [4.69, 9.17) is 0 Å². The van der Waals surface area contributed by atoms with E-state index in [-0.39, 0.29) is 29.9 Å². The fraction of sp³-hybridized carbons (Fsp3) is 0.417. The van der Waals surface area contributed by atoms with Crippen LogP contribution in [0.15, 0.2) is 54.6 Å². The maximum atomic E-state index is 13.6. The van der Waals surface area contributed by atoms with Gasteiger partial charge in [-0.2, -0.15) is 0 Å². The first-order valence-electron chi connectivity index (χ1n) is 10.7. The minimum absolute atomic E-state index is 0.00276. The van der Waals surface area contributed by atoms with Crippen molar-refractivity contribution < 1.29 is 18.2 Å². The first-order chi connectivity index (χ1) is 14.9. The third-order valence-corrected chi connectivity index (χ3v) is 9.00. The van der Waals surface area contributed by atoms with E-state index in [1.54, 1.807) is 17.0 Å². The molecule has 0 N–H and O–H groups in total. The van der Waals surface area contributed by atoms with Gasteiger partial charge in [0.15, 0.2) is 0 Å². The number of carbonyl (C=O) groups excluding carboxylic acids is 2. The second-order valence-electron chi connectivity index (χ2n) is 8.79. The van der Waals surface area contributed by atoms with Crippen molar-refractivity contribution in [1.29, 1.82) is 0 Å². The summed E-state index contributed by atoms with van der Waals surface area (Å²) in [6, 6.07) is 16.1. The molecule has 31 heavy (non-hydrogen) atoms. The largest absolute Gasteiger partial charge is 0.342 e. The summed E-state index contributed by atoms with van der Waals surface area (Å²) in [5.41, 5.74) is 1.33. The molecule has 0 radical (unpaired) electrons. The Labute approximate surface area is 183 Å². The highest BCUT2D eigenvalue weighted by molar-refractivity contribution is 7.87. The van der Waals surface area contributed by atoms with Crippen LogP contribution >= 0.6 is 0 Å². The van der Waals surface area contributed by atoms with Gasteiger partial charge >= 0.3 is 0 Å². The molecule has 1 spiro atoms. The van der Waals surface area contributed by atoms with E-state index in [0.717, 1.165) is 18.4 Å². The van der Waals surface area contributed by atoms with Crippen molar-refractivity contribution in [3.05, 3.63) is 71.5 Å². The SMILES string of the molecule is O=C1CS(=O)C2(CCN(C(=O)C3(c4ccccc4)CC3)CC2)N1Cc1cccc(F)c1. The highest BCUT2D eigenvalue weighted by Crippen LogP contribution is 2.50. The third-order valence-electron chi connectivity index (χ3n) is 7.02. The number of piperidine rings is 1. The van der Waals surface area contributed by atoms with Crippen molar-refractivity contribution in [2.45, 2.75) is 42.5 Å². The van der Waals surface area contributed by atoms with Crippen molar-refractivity contribution in [2.75, 3.05) is 18.8 Å². The highest BCUT2D eigenvalue weighted by Gasteiger charge is 2.57. The summed E-state index contributed by atoms with van der Waals surface area (Å²) in [4.78, 5) is 28.8. The fourth-order valence-corrected chi connectivity index (χ4v) is 6.79. The Kier molecular flexibility index (Phi) is 4.96. The minimum Gasteiger partial charge on any atom is -0.342 e. The van der Waals surface area contributed by atoms with E-state index in [1.165, 1.54) is 12.1 Å². The van der Waals surface area contributed by atoms with Crippen LogP contribution in [0, 0.1) is 5.82 Å². The zero-order valence-electron chi connectivity index (χ0n) is 17.3. The quantitative estimate of drug-likeness (QED) is 0.735. The van der Waals surface area contributed by atoms with Gasteiger partial charge in [-0.3, -0.25) is 13.8 Å². The summed E-state index contributed by atoms with van der Waals surface area (Å²) in [7, 11) is -1.33. The lowest BCUT2D eigenvalue weighted by Crippen LogP contribution is -2.56. The number of halogens is 1. The Hall–Kier alpha value is -2.54. The summed E-state index contributed by atoms with van der Waals surface area (Å²) < 4.78 is 26.6. The second kappa shape index (κ2) is 7.55. The van der Waals surface area contributed by atoms with Crippen molar-refractivity contribution >= 4 is 22.6 Å². The zero-order chi connectivity index (χ0) is 21.6. The molecule has 2 heterocycles. The summed E-state index contributed by atoms with van der Waals surface area (Å²) in [6.07, 6.45) is 2.68. The van der Waals surface area contributed by atoms with Gasteiger partial charge in [0.1, 0.15) is 16.4 Å². The molecule has 5 rings (SSSR count). The van der Waals surface area contributed by atoms with Crippen molar-refractivity contribution in [2.24, 2.45) is 0 Å². The molecule has 1 atom stereocenters. The molecule has 2 amide bonds. The second-order valence-corrected chi connectivity index (χ2v) is 10.5. The maximum Gasteiger partial charge on any atom is 0.236 e. The van der Waals surface area contributed by atoms with Gasteiger partial charge in [0.05, 0.1) is 16.2 Å². The van der Waals surface area contributed by atoms with Crippen LogP contribution in [0.5, 0.6) is 0 Å². The molecule has 3 aliphatic rings. The summed E-state index contributed by atoms with van der Waals surface area (Å²) in [5, 5.41) is 0.